The minimum Gasteiger partial charge on any atom is -0.338 e. The molecule has 0 aromatic carbocycles. The van der Waals surface area contributed by atoms with E-state index in [1.807, 2.05) is 31.2 Å². The summed E-state index contributed by atoms with van der Waals surface area (Å²) in [5.41, 5.74) is 4.19. The lowest BCUT2D eigenvalue weighted by atomic mass is 10.0. The van der Waals surface area contributed by atoms with Gasteiger partial charge in [0.25, 0.3) is 0 Å². The van der Waals surface area contributed by atoms with Crippen molar-refractivity contribution in [2.75, 3.05) is 11.9 Å². The second-order valence-electron chi connectivity index (χ2n) is 7.43. The highest BCUT2D eigenvalue weighted by atomic mass is 32.1. The number of pyridine rings is 1. The summed E-state index contributed by atoms with van der Waals surface area (Å²) in [5, 5.41) is 4.48. The van der Waals surface area contributed by atoms with Gasteiger partial charge in [0.05, 0.1) is 36.1 Å². The molecule has 0 unspecified atom stereocenters. The Hall–Kier alpha value is -2.87. The number of amides is 1. The number of nitrogens with one attached hydrogen (secondary N) is 1. The fourth-order valence-corrected chi connectivity index (χ4v) is 4.97. The third-order valence-corrected chi connectivity index (χ3v) is 6.31. The third kappa shape index (κ3) is 2.84. The summed E-state index contributed by atoms with van der Waals surface area (Å²) in [4.78, 5) is 34.2. The minimum atomic E-state index is 0.0174. The fraction of sp³-hybridized carbons (Fsp3) is 0.350. The molecule has 8 heteroatoms. The van der Waals surface area contributed by atoms with E-state index in [1.165, 1.54) is 10.4 Å². The van der Waals surface area contributed by atoms with Crippen molar-refractivity contribution in [3.63, 3.8) is 0 Å². The van der Waals surface area contributed by atoms with Gasteiger partial charge in [-0.2, -0.15) is 0 Å². The van der Waals surface area contributed by atoms with E-state index in [4.69, 9.17) is 0 Å². The topological polar surface area (TPSA) is 83.4 Å². The molecule has 1 amide bonds. The van der Waals surface area contributed by atoms with E-state index in [0.717, 1.165) is 45.9 Å². The summed E-state index contributed by atoms with van der Waals surface area (Å²) in [5.74, 6) is 1.02. The van der Waals surface area contributed by atoms with Crippen molar-refractivity contribution in [2.45, 2.75) is 33.4 Å². The van der Waals surface area contributed by atoms with Crippen molar-refractivity contribution < 1.29 is 4.79 Å². The number of rotatable bonds is 3. The number of anilines is 2. The molecule has 0 spiro atoms. The molecule has 28 heavy (non-hydrogen) atoms. The highest BCUT2D eigenvalue weighted by Crippen LogP contribution is 2.38. The van der Waals surface area contributed by atoms with Gasteiger partial charge in [0, 0.05) is 29.1 Å². The van der Waals surface area contributed by atoms with E-state index in [2.05, 4.69) is 31.3 Å². The zero-order valence-corrected chi connectivity index (χ0v) is 16.6. The first-order chi connectivity index (χ1) is 13.6. The summed E-state index contributed by atoms with van der Waals surface area (Å²) < 4.78 is 0. The fourth-order valence-electron chi connectivity index (χ4n) is 3.77. The quantitative estimate of drug-likeness (QED) is 0.739. The molecule has 5 heterocycles. The Labute approximate surface area is 166 Å². The van der Waals surface area contributed by atoms with Crippen LogP contribution in [0.15, 0.2) is 23.6 Å². The summed E-state index contributed by atoms with van der Waals surface area (Å²) >= 11 is 1.66. The van der Waals surface area contributed by atoms with Gasteiger partial charge in [-0.1, -0.05) is 13.8 Å². The molecular formula is C20H20N6OS. The Morgan fingerprint density at radius 2 is 2.18 bits per heavy atom. The third-order valence-electron chi connectivity index (χ3n) is 5.18. The molecular weight excluding hydrogens is 372 g/mol. The van der Waals surface area contributed by atoms with Gasteiger partial charge in [-0.15, -0.1) is 11.3 Å². The number of nitrogens with zero attached hydrogens (tertiary/aromatic N) is 5. The standard InChI is InChI=1S/C20H20N6OS/c1-11(2)20(27)26-4-3-14-16(9-26)28-19-17(14)18(23-10-24-19)25-13-5-12-6-21-8-15(12)22-7-13/h5-7,10-11H,3-4,8-9H2,1-2H3,(H,23,24,25). The van der Waals surface area contributed by atoms with E-state index in [0.29, 0.717) is 13.1 Å². The number of aromatic nitrogens is 3. The maximum absolute atomic E-state index is 12.4. The van der Waals surface area contributed by atoms with Crippen LogP contribution < -0.4 is 5.32 Å². The van der Waals surface area contributed by atoms with Crippen LogP contribution >= 0.6 is 11.3 Å². The van der Waals surface area contributed by atoms with Crippen LogP contribution in [0.5, 0.6) is 0 Å². The average molecular weight is 392 g/mol. The van der Waals surface area contributed by atoms with Crippen LogP contribution in [-0.2, 0) is 24.3 Å². The molecule has 0 saturated heterocycles. The summed E-state index contributed by atoms with van der Waals surface area (Å²) in [6.45, 7) is 5.94. The Bertz CT molecular complexity index is 1120. The van der Waals surface area contributed by atoms with Crippen LogP contribution in [0.25, 0.3) is 10.2 Å². The van der Waals surface area contributed by atoms with Crippen molar-refractivity contribution in [2.24, 2.45) is 10.9 Å². The second-order valence-corrected chi connectivity index (χ2v) is 8.51. The lowest BCUT2D eigenvalue weighted by Crippen LogP contribution is -2.37. The molecule has 3 aromatic heterocycles. The van der Waals surface area contributed by atoms with Crippen molar-refractivity contribution in [1.82, 2.24) is 19.9 Å². The largest absolute Gasteiger partial charge is 0.338 e. The van der Waals surface area contributed by atoms with E-state index >= 15 is 0 Å². The molecule has 2 aliphatic heterocycles. The van der Waals surface area contributed by atoms with Crippen molar-refractivity contribution in [1.29, 1.82) is 0 Å². The van der Waals surface area contributed by atoms with Gasteiger partial charge >= 0.3 is 0 Å². The van der Waals surface area contributed by atoms with E-state index in [1.54, 1.807) is 17.7 Å². The van der Waals surface area contributed by atoms with Crippen molar-refractivity contribution in [3.8, 4) is 0 Å². The predicted octanol–water partition coefficient (Wildman–Crippen LogP) is 3.30. The highest BCUT2D eigenvalue weighted by Gasteiger charge is 2.27. The number of fused-ring (bicyclic) bond motifs is 4. The average Bonchev–Trinajstić information content (AvgIpc) is 3.30. The monoisotopic (exact) mass is 392 g/mol. The molecule has 7 nitrogen and oxygen atoms in total. The van der Waals surface area contributed by atoms with Gasteiger partial charge in [-0.3, -0.25) is 14.8 Å². The first kappa shape index (κ1) is 17.2. The van der Waals surface area contributed by atoms with Crippen LogP contribution in [0.4, 0.5) is 11.5 Å². The molecule has 3 aromatic rings. The number of hydrogen-bond acceptors (Lipinski definition) is 7. The van der Waals surface area contributed by atoms with Crippen LogP contribution in [0.1, 0.15) is 35.5 Å². The van der Waals surface area contributed by atoms with Crippen molar-refractivity contribution in [3.05, 3.63) is 40.3 Å². The van der Waals surface area contributed by atoms with Gasteiger partial charge in [0.1, 0.15) is 17.0 Å². The van der Waals surface area contributed by atoms with Gasteiger partial charge in [-0.25, -0.2) is 9.97 Å². The molecule has 0 radical (unpaired) electrons. The molecule has 1 N–H and O–H groups in total. The van der Waals surface area contributed by atoms with E-state index < -0.39 is 0 Å². The van der Waals surface area contributed by atoms with E-state index in [9.17, 15) is 4.79 Å². The molecule has 0 fully saturated rings. The zero-order valence-electron chi connectivity index (χ0n) is 15.8. The number of carbonyl (C=O) groups is 1. The lowest BCUT2D eigenvalue weighted by molar-refractivity contribution is -0.135. The first-order valence-corrected chi connectivity index (χ1v) is 10.2. The summed E-state index contributed by atoms with van der Waals surface area (Å²) in [7, 11) is 0. The number of hydrogen-bond donors (Lipinski definition) is 1. The van der Waals surface area contributed by atoms with Gasteiger partial charge in [0.15, 0.2) is 0 Å². The maximum Gasteiger partial charge on any atom is 0.225 e. The maximum atomic E-state index is 12.4. The van der Waals surface area contributed by atoms with Gasteiger partial charge < -0.3 is 10.2 Å². The summed E-state index contributed by atoms with van der Waals surface area (Å²) in [6, 6.07) is 2.05. The SMILES string of the molecule is CC(C)C(=O)N1CCc2c(sc3ncnc(Nc4cnc5c(c4)C=NC5)c23)C1. The number of thiophene rings is 1. The van der Waals surface area contributed by atoms with E-state index in [-0.39, 0.29) is 11.8 Å². The Balaban J connectivity index is 1.50. The van der Waals surface area contributed by atoms with Gasteiger partial charge in [0.2, 0.25) is 5.91 Å². The molecule has 0 atom stereocenters. The zero-order chi connectivity index (χ0) is 19.3. The normalized spacial score (nSPS) is 15.2. The highest BCUT2D eigenvalue weighted by molar-refractivity contribution is 7.19. The summed E-state index contributed by atoms with van der Waals surface area (Å²) in [6.07, 6.45) is 6.09. The second kappa shape index (κ2) is 6.63. The molecule has 5 rings (SSSR count). The molecule has 0 saturated carbocycles. The predicted molar refractivity (Wildman–Crippen MR) is 110 cm³/mol. The Morgan fingerprint density at radius 1 is 1.29 bits per heavy atom. The Morgan fingerprint density at radius 3 is 3.04 bits per heavy atom. The van der Waals surface area contributed by atoms with Crippen LogP contribution in [-0.4, -0.2) is 38.5 Å². The number of carbonyl (C=O) groups excluding carboxylic acids is 1. The lowest BCUT2D eigenvalue weighted by Gasteiger charge is -2.28. The van der Waals surface area contributed by atoms with Gasteiger partial charge in [-0.05, 0) is 18.1 Å². The van der Waals surface area contributed by atoms with Crippen LogP contribution in [0, 0.1) is 5.92 Å². The Kier molecular flexibility index (Phi) is 4.08. The number of aliphatic imine (C=N–C) groups is 1. The molecule has 0 bridgehead atoms. The first-order valence-electron chi connectivity index (χ1n) is 9.40. The molecule has 2 aliphatic rings. The smallest absolute Gasteiger partial charge is 0.225 e. The van der Waals surface area contributed by atoms with Crippen LogP contribution in [0.2, 0.25) is 0 Å². The molecule has 142 valence electrons. The minimum absolute atomic E-state index is 0.0174. The van der Waals surface area contributed by atoms with Crippen LogP contribution in [0.3, 0.4) is 0 Å². The van der Waals surface area contributed by atoms with Crippen molar-refractivity contribution >= 4 is 45.2 Å². The molecule has 0 aliphatic carbocycles.